The Hall–Kier alpha value is -2.08. The standard InChI is InChI=1S/C25H32B4/c1-4-6-19(3)27-21-11-13-23(14-12-21)29-25-17-15-24(16-18-25)28-22-9-7-20(8-10-22)26-5-2/h7-19,26-29H,4-6H2,1-3H3. The average molecular weight is 376 g/mol. The fraction of sp³-hybridized carbons (Fsp3) is 0.280. The molecule has 0 fully saturated rings. The van der Waals surface area contributed by atoms with E-state index in [1.165, 1.54) is 66.5 Å². The lowest BCUT2D eigenvalue weighted by atomic mass is 9.57. The molecule has 0 aliphatic rings. The third-order valence-electron chi connectivity index (χ3n) is 5.79. The van der Waals surface area contributed by atoms with Crippen molar-refractivity contribution in [1.82, 2.24) is 0 Å². The molecule has 0 N–H and O–H groups in total. The molecule has 1 unspecified atom stereocenters. The van der Waals surface area contributed by atoms with Gasteiger partial charge in [0.1, 0.15) is 0 Å². The Morgan fingerprint density at radius 1 is 0.586 bits per heavy atom. The summed E-state index contributed by atoms with van der Waals surface area (Å²) < 4.78 is 0. The maximum absolute atomic E-state index is 2.36. The van der Waals surface area contributed by atoms with Gasteiger partial charge in [0, 0.05) is 0 Å². The lowest BCUT2D eigenvalue weighted by Gasteiger charge is -2.09. The fourth-order valence-electron chi connectivity index (χ4n) is 4.15. The molecule has 0 aliphatic heterocycles. The normalized spacial score (nSPS) is 11.6. The van der Waals surface area contributed by atoms with Crippen LogP contribution in [0.3, 0.4) is 0 Å². The number of rotatable bonds is 10. The first-order chi connectivity index (χ1) is 14.2. The molecule has 29 heavy (non-hydrogen) atoms. The minimum Gasteiger partial charge on any atom is -0.0846 e. The molecule has 1 atom stereocenters. The lowest BCUT2D eigenvalue weighted by Crippen LogP contribution is -2.32. The summed E-state index contributed by atoms with van der Waals surface area (Å²) in [6.45, 7) is 6.87. The van der Waals surface area contributed by atoms with E-state index in [-0.39, 0.29) is 0 Å². The predicted octanol–water partition coefficient (Wildman–Crippen LogP) is 0.631. The van der Waals surface area contributed by atoms with Crippen molar-refractivity contribution in [2.45, 2.75) is 45.8 Å². The van der Waals surface area contributed by atoms with Crippen LogP contribution in [0.5, 0.6) is 0 Å². The second-order valence-corrected chi connectivity index (χ2v) is 8.65. The molecule has 0 heterocycles. The zero-order chi connectivity index (χ0) is 20.5. The van der Waals surface area contributed by atoms with Crippen molar-refractivity contribution in [2.75, 3.05) is 0 Å². The number of benzene rings is 3. The van der Waals surface area contributed by atoms with Gasteiger partial charge in [-0.2, -0.15) is 0 Å². The SMILES string of the molecule is CCBc1ccc(Bc2ccc(Bc3ccc(BC(C)CCC)cc3)cc2)cc1. The zero-order valence-electron chi connectivity index (χ0n) is 18.5. The average Bonchev–Trinajstić information content (AvgIpc) is 2.73. The van der Waals surface area contributed by atoms with Crippen molar-refractivity contribution in [3.8, 4) is 0 Å². The van der Waals surface area contributed by atoms with Crippen LogP contribution in [0.25, 0.3) is 0 Å². The predicted molar refractivity (Wildman–Crippen MR) is 141 cm³/mol. The molecule has 0 saturated carbocycles. The molecule has 3 rings (SSSR count). The maximum atomic E-state index is 2.36. The molecule has 144 valence electrons. The topological polar surface area (TPSA) is 0 Å². The first-order valence-electron chi connectivity index (χ1n) is 11.4. The summed E-state index contributed by atoms with van der Waals surface area (Å²) in [5.74, 6) is 0.779. The molecular weight excluding hydrogens is 344 g/mol. The second-order valence-electron chi connectivity index (χ2n) is 8.65. The van der Waals surface area contributed by atoms with E-state index >= 15 is 0 Å². The van der Waals surface area contributed by atoms with E-state index in [0.717, 1.165) is 20.4 Å². The van der Waals surface area contributed by atoms with Gasteiger partial charge < -0.3 is 0 Å². The quantitative estimate of drug-likeness (QED) is 0.456. The molecule has 0 radical (unpaired) electrons. The molecule has 0 aliphatic carbocycles. The van der Waals surface area contributed by atoms with Crippen molar-refractivity contribution >= 4 is 61.9 Å². The van der Waals surface area contributed by atoms with Crippen LogP contribution in [-0.4, -0.2) is 29.1 Å². The Balaban J connectivity index is 1.54. The Labute approximate surface area is 180 Å². The molecule has 0 saturated heterocycles. The Kier molecular flexibility index (Phi) is 8.35. The van der Waals surface area contributed by atoms with Crippen LogP contribution in [0.15, 0.2) is 72.8 Å². The molecule has 3 aromatic rings. The lowest BCUT2D eigenvalue weighted by molar-refractivity contribution is 0.765. The van der Waals surface area contributed by atoms with Crippen molar-refractivity contribution in [1.29, 1.82) is 0 Å². The van der Waals surface area contributed by atoms with Gasteiger partial charge in [0.2, 0.25) is 0 Å². The van der Waals surface area contributed by atoms with Crippen LogP contribution in [0.2, 0.25) is 12.1 Å². The van der Waals surface area contributed by atoms with E-state index < -0.39 is 0 Å². The van der Waals surface area contributed by atoms with Crippen molar-refractivity contribution < 1.29 is 0 Å². The smallest absolute Gasteiger partial charge is 0.0846 e. The van der Waals surface area contributed by atoms with Crippen LogP contribution in [-0.2, 0) is 0 Å². The van der Waals surface area contributed by atoms with E-state index in [1.54, 1.807) is 0 Å². The summed E-state index contributed by atoms with van der Waals surface area (Å²) in [6, 6.07) is 27.5. The highest BCUT2D eigenvalue weighted by molar-refractivity contribution is 6.69. The first-order valence-corrected chi connectivity index (χ1v) is 11.4. The van der Waals surface area contributed by atoms with Gasteiger partial charge >= 0.3 is 0 Å². The van der Waals surface area contributed by atoms with Gasteiger partial charge in [0.05, 0.1) is 0 Å². The first kappa shape index (κ1) is 21.6. The summed E-state index contributed by atoms with van der Waals surface area (Å²) in [6.07, 6.45) is 3.80. The minimum atomic E-state index is 0.779. The fourth-order valence-corrected chi connectivity index (χ4v) is 4.15. The molecule has 3 aromatic carbocycles. The summed E-state index contributed by atoms with van der Waals surface area (Å²) in [5.41, 5.74) is 8.48. The van der Waals surface area contributed by atoms with Gasteiger partial charge in [-0.3, -0.25) is 0 Å². The van der Waals surface area contributed by atoms with Gasteiger partial charge in [0.25, 0.3) is 0 Å². The summed E-state index contributed by atoms with van der Waals surface area (Å²) >= 11 is 0. The Bertz CT molecular complexity index is 855. The van der Waals surface area contributed by atoms with E-state index in [1.807, 2.05) is 0 Å². The van der Waals surface area contributed by atoms with Crippen LogP contribution in [0.4, 0.5) is 0 Å². The highest BCUT2D eigenvalue weighted by Crippen LogP contribution is 2.09. The molecular formula is C25H32B4. The summed E-state index contributed by atoms with van der Waals surface area (Å²) in [7, 11) is 4.39. The van der Waals surface area contributed by atoms with Gasteiger partial charge in [-0.05, 0) is 0 Å². The van der Waals surface area contributed by atoms with E-state index in [0.29, 0.717) is 0 Å². The van der Waals surface area contributed by atoms with Crippen molar-refractivity contribution in [3.63, 3.8) is 0 Å². The molecule has 0 bridgehead atoms. The van der Waals surface area contributed by atoms with Crippen molar-refractivity contribution in [3.05, 3.63) is 72.8 Å². The second kappa shape index (κ2) is 11.2. The van der Waals surface area contributed by atoms with Crippen LogP contribution in [0, 0.1) is 0 Å². The number of hydrogen-bond acceptors (Lipinski definition) is 0. The number of hydrogen-bond donors (Lipinski definition) is 0. The maximum Gasteiger partial charge on any atom is 0.192 e. The van der Waals surface area contributed by atoms with Crippen LogP contribution < -0.4 is 32.8 Å². The highest BCUT2D eigenvalue weighted by atomic mass is 13.9. The molecule has 4 heteroatoms. The highest BCUT2D eigenvalue weighted by Gasteiger charge is 2.06. The van der Waals surface area contributed by atoms with Crippen LogP contribution >= 0.6 is 0 Å². The van der Waals surface area contributed by atoms with Crippen LogP contribution in [0.1, 0.15) is 33.6 Å². The molecule has 0 aromatic heterocycles. The minimum absolute atomic E-state index is 0.779. The summed E-state index contributed by atoms with van der Waals surface area (Å²) in [5, 5.41) is 0. The van der Waals surface area contributed by atoms with Gasteiger partial charge in [-0.1, -0.05) is 151 Å². The third kappa shape index (κ3) is 7.03. The Morgan fingerprint density at radius 2 is 0.966 bits per heavy atom. The Morgan fingerprint density at radius 3 is 1.34 bits per heavy atom. The van der Waals surface area contributed by atoms with E-state index in [9.17, 15) is 0 Å². The van der Waals surface area contributed by atoms with E-state index in [2.05, 4.69) is 93.6 Å². The van der Waals surface area contributed by atoms with Crippen molar-refractivity contribution in [2.24, 2.45) is 0 Å². The largest absolute Gasteiger partial charge is 0.192 e. The molecule has 0 nitrogen and oxygen atoms in total. The van der Waals surface area contributed by atoms with Gasteiger partial charge in [-0.25, -0.2) is 0 Å². The summed E-state index contributed by atoms with van der Waals surface area (Å²) in [4.78, 5) is 0. The molecule has 0 amide bonds. The van der Waals surface area contributed by atoms with Gasteiger partial charge in [-0.15, -0.1) is 0 Å². The monoisotopic (exact) mass is 376 g/mol. The third-order valence-corrected chi connectivity index (χ3v) is 5.79. The zero-order valence-corrected chi connectivity index (χ0v) is 18.5. The molecule has 0 spiro atoms. The van der Waals surface area contributed by atoms with E-state index in [4.69, 9.17) is 0 Å². The van der Waals surface area contributed by atoms with Gasteiger partial charge in [0.15, 0.2) is 29.1 Å².